The van der Waals surface area contributed by atoms with Crippen LogP contribution in [-0.2, 0) is 20.8 Å². The number of benzene rings is 1. The summed E-state index contributed by atoms with van der Waals surface area (Å²) in [5.41, 5.74) is -0.280. The molecular weight excluding hydrogens is 680 g/mol. The summed E-state index contributed by atoms with van der Waals surface area (Å²) in [4.78, 5) is 80.6. The number of aliphatic carboxylic acids is 1. The first-order valence-corrected chi connectivity index (χ1v) is 17.6. The summed E-state index contributed by atoms with van der Waals surface area (Å²) in [5.74, 6) is -3.94. The van der Waals surface area contributed by atoms with Gasteiger partial charge in [-0.1, -0.05) is 6.07 Å². The zero-order valence-electron chi connectivity index (χ0n) is 25.9. The molecule has 1 aromatic carbocycles. The van der Waals surface area contributed by atoms with Gasteiger partial charge in [-0.05, 0) is 42.0 Å². The lowest BCUT2D eigenvalue weighted by molar-refractivity contribution is -0.150. The summed E-state index contributed by atoms with van der Waals surface area (Å²) in [6.07, 6.45) is 3.10. The van der Waals surface area contributed by atoms with E-state index in [1.807, 2.05) is 17.5 Å². The molecule has 1 saturated carbocycles. The second-order valence-corrected chi connectivity index (χ2v) is 14.4. The molecule has 14 nitrogen and oxygen atoms in total. The minimum atomic E-state index is -1.37. The van der Waals surface area contributed by atoms with Crippen LogP contribution >= 0.6 is 23.1 Å². The number of halogens is 1. The summed E-state index contributed by atoms with van der Waals surface area (Å²) in [6, 6.07) is 5.05. The van der Waals surface area contributed by atoms with Crippen molar-refractivity contribution < 1.29 is 38.6 Å². The fourth-order valence-corrected chi connectivity index (χ4v) is 8.52. The standard InChI is InChI=1S/C32H31FN6O8S2/c33-21-11-19-22(38(17-3-4-17)14-20(27(19)41)30(43)44)12-23(21)36-5-7-37(8-6-36)32(47)34-13-16-15-49-29-25(28(42)39(29)26(16)31(45)46)35-24(40)10-18-2-1-9-48-18/h1-2,9,11-12,14,17,25,29H,3-8,10,13,15H2,(H,34,47)(H,35,40)(H,43,44)(H,45,46). The van der Waals surface area contributed by atoms with Gasteiger partial charge in [0, 0.05) is 61.0 Å². The molecule has 256 valence electrons. The van der Waals surface area contributed by atoms with Crippen LogP contribution in [0.4, 0.5) is 14.9 Å². The molecule has 1 aliphatic carbocycles. The molecule has 5 heterocycles. The molecule has 49 heavy (non-hydrogen) atoms. The van der Waals surface area contributed by atoms with Crippen molar-refractivity contribution >= 4 is 69.5 Å². The van der Waals surface area contributed by atoms with Gasteiger partial charge in [0.2, 0.25) is 11.3 Å². The molecule has 2 unspecified atom stereocenters. The molecular formula is C32H31FN6O8S2. The minimum Gasteiger partial charge on any atom is -0.477 e. The van der Waals surface area contributed by atoms with Crippen molar-refractivity contribution in [2.45, 2.75) is 36.7 Å². The summed E-state index contributed by atoms with van der Waals surface area (Å²) < 4.78 is 17.1. The van der Waals surface area contributed by atoms with Gasteiger partial charge >= 0.3 is 18.0 Å². The monoisotopic (exact) mass is 710 g/mol. The maximum absolute atomic E-state index is 15.4. The zero-order valence-corrected chi connectivity index (χ0v) is 27.5. The van der Waals surface area contributed by atoms with Gasteiger partial charge in [0.25, 0.3) is 5.91 Å². The van der Waals surface area contributed by atoms with Gasteiger partial charge in [0.15, 0.2) is 0 Å². The zero-order chi connectivity index (χ0) is 34.6. The number of carbonyl (C=O) groups is 5. The average molecular weight is 711 g/mol. The van der Waals surface area contributed by atoms with E-state index in [4.69, 9.17) is 0 Å². The van der Waals surface area contributed by atoms with Crippen LogP contribution in [0.15, 0.2) is 51.9 Å². The van der Waals surface area contributed by atoms with Crippen LogP contribution in [0.2, 0.25) is 0 Å². The number of piperazine rings is 1. The van der Waals surface area contributed by atoms with Crippen molar-refractivity contribution in [3.8, 4) is 0 Å². The number of carbonyl (C=O) groups excluding carboxylic acids is 3. The Hall–Kier alpha value is -4.90. The van der Waals surface area contributed by atoms with E-state index >= 15 is 4.39 Å². The largest absolute Gasteiger partial charge is 0.477 e. The number of aromatic carboxylic acids is 1. The highest BCUT2D eigenvalue weighted by Gasteiger charge is 2.54. The van der Waals surface area contributed by atoms with Crippen molar-refractivity contribution in [2.75, 3.05) is 43.4 Å². The van der Waals surface area contributed by atoms with Crippen LogP contribution in [0.25, 0.3) is 10.9 Å². The number of carboxylic acid groups (broad SMARTS) is 2. The molecule has 3 aliphatic heterocycles. The van der Waals surface area contributed by atoms with Gasteiger partial charge in [-0.2, -0.15) is 0 Å². The first-order valence-electron chi connectivity index (χ1n) is 15.6. The van der Waals surface area contributed by atoms with Crippen LogP contribution < -0.4 is 21.0 Å². The molecule has 4 N–H and O–H groups in total. The van der Waals surface area contributed by atoms with Crippen LogP contribution in [0.1, 0.15) is 34.1 Å². The molecule has 0 bridgehead atoms. The van der Waals surface area contributed by atoms with Crippen molar-refractivity contribution in [2.24, 2.45) is 0 Å². The number of nitrogens with one attached hydrogen (secondary N) is 2. The predicted molar refractivity (Wildman–Crippen MR) is 178 cm³/mol. The lowest BCUT2D eigenvalue weighted by Crippen LogP contribution is -2.70. The number of hydrogen-bond donors (Lipinski definition) is 4. The fourth-order valence-electron chi connectivity index (χ4n) is 6.47. The SMILES string of the molecule is O=C(Cc1cccs1)NC1C(=O)N2C(C(=O)O)=C(CNC(=O)N3CCN(c4cc5c(cc4F)c(=O)c(C(=O)O)cn5C4CC4)CC3)CSC12. The fraction of sp³-hybridized carbons (Fsp3) is 0.375. The first-order chi connectivity index (χ1) is 23.5. The van der Waals surface area contributed by atoms with Crippen LogP contribution in [0.5, 0.6) is 0 Å². The number of pyridine rings is 1. The smallest absolute Gasteiger partial charge is 0.352 e. The number of carboxylic acids is 2. The van der Waals surface area contributed by atoms with E-state index in [0.29, 0.717) is 11.1 Å². The number of fused-ring (bicyclic) bond motifs is 2. The molecule has 4 amide bonds. The first kappa shape index (κ1) is 32.6. The summed E-state index contributed by atoms with van der Waals surface area (Å²) in [6.45, 7) is 0.917. The second-order valence-electron chi connectivity index (χ2n) is 12.2. The maximum atomic E-state index is 15.4. The van der Waals surface area contributed by atoms with Crippen molar-refractivity contribution in [3.63, 3.8) is 0 Å². The van der Waals surface area contributed by atoms with Crippen LogP contribution in [0, 0.1) is 5.82 Å². The number of thiophene rings is 1. The quantitative estimate of drug-likeness (QED) is 0.240. The van der Waals surface area contributed by atoms with Gasteiger partial charge in [-0.3, -0.25) is 19.3 Å². The van der Waals surface area contributed by atoms with Crippen LogP contribution in [-0.4, -0.2) is 104 Å². The maximum Gasteiger partial charge on any atom is 0.352 e. The van der Waals surface area contributed by atoms with E-state index < -0.39 is 52.1 Å². The third-order valence-electron chi connectivity index (χ3n) is 9.11. The Morgan fingerprint density at radius 1 is 1.02 bits per heavy atom. The lowest BCUT2D eigenvalue weighted by atomic mass is 10.0. The Balaban J connectivity index is 0.982. The topological polar surface area (TPSA) is 182 Å². The van der Waals surface area contributed by atoms with Crippen LogP contribution in [0.3, 0.4) is 0 Å². The number of β-lactam (4-membered cyclic amide) rings is 1. The van der Waals surface area contributed by atoms with E-state index in [0.717, 1.165) is 28.7 Å². The molecule has 2 atom stereocenters. The number of amides is 4. The van der Waals surface area contributed by atoms with Crippen molar-refractivity contribution in [1.82, 2.24) is 25.0 Å². The highest BCUT2D eigenvalue weighted by Crippen LogP contribution is 2.41. The van der Waals surface area contributed by atoms with Gasteiger partial charge in [-0.15, -0.1) is 23.1 Å². The van der Waals surface area contributed by atoms with E-state index in [1.165, 1.54) is 34.2 Å². The Bertz CT molecular complexity index is 1990. The summed E-state index contributed by atoms with van der Waals surface area (Å²) >= 11 is 2.74. The number of nitrogens with zero attached hydrogens (tertiary/aromatic N) is 4. The number of rotatable bonds is 9. The molecule has 4 aliphatic rings. The predicted octanol–water partition coefficient (Wildman–Crippen LogP) is 2.05. The van der Waals surface area contributed by atoms with Gasteiger partial charge in [0.1, 0.15) is 28.5 Å². The Labute approximate surface area is 286 Å². The Kier molecular flexibility index (Phi) is 8.56. The normalized spacial score (nSPS) is 20.6. The molecule has 3 fully saturated rings. The van der Waals surface area contributed by atoms with E-state index in [2.05, 4.69) is 10.6 Å². The average Bonchev–Trinajstić information content (AvgIpc) is 3.80. The van der Waals surface area contributed by atoms with E-state index in [9.17, 15) is 39.0 Å². The Morgan fingerprint density at radius 3 is 2.43 bits per heavy atom. The van der Waals surface area contributed by atoms with Gasteiger partial charge in [-0.25, -0.2) is 18.8 Å². The highest BCUT2D eigenvalue weighted by molar-refractivity contribution is 8.00. The van der Waals surface area contributed by atoms with Gasteiger partial charge in [0.05, 0.1) is 17.6 Å². The van der Waals surface area contributed by atoms with Gasteiger partial charge < -0.3 is 35.2 Å². The number of hydrogen-bond acceptors (Lipinski definition) is 9. The van der Waals surface area contributed by atoms with Crippen molar-refractivity contribution in [1.29, 1.82) is 0 Å². The molecule has 3 aromatic rings. The lowest BCUT2D eigenvalue weighted by Gasteiger charge is -2.49. The molecule has 2 saturated heterocycles. The molecule has 7 rings (SSSR count). The molecule has 0 spiro atoms. The number of thioether (sulfide) groups is 1. The number of urea groups is 1. The van der Waals surface area contributed by atoms with E-state index in [1.54, 1.807) is 15.5 Å². The number of aromatic nitrogens is 1. The summed E-state index contributed by atoms with van der Waals surface area (Å²) in [7, 11) is 0. The van der Waals surface area contributed by atoms with Crippen molar-refractivity contribution in [3.05, 3.63) is 73.6 Å². The Morgan fingerprint density at radius 2 is 1.78 bits per heavy atom. The minimum absolute atomic E-state index is 0.00245. The summed E-state index contributed by atoms with van der Waals surface area (Å²) in [5, 5.41) is 26.2. The third-order valence-corrected chi connectivity index (χ3v) is 11.3. The number of anilines is 1. The highest BCUT2D eigenvalue weighted by atomic mass is 32.2. The molecule has 0 radical (unpaired) electrons. The molecule has 17 heteroatoms. The molecule has 2 aromatic heterocycles. The second kappa shape index (κ2) is 12.9. The van der Waals surface area contributed by atoms with E-state index in [-0.39, 0.29) is 73.6 Å². The third kappa shape index (κ3) is 6.12.